The van der Waals surface area contributed by atoms with Crippen molar-refractivity contribution in [3.8, 4) is 11.5 Å². The minimum atomic E-state index is 0.447. The van der Waals surface area contributed by atoms with Gasteiger partial charge in [0.2, 0.25) is 5.89 Å². The molecule has 4 aromatic rings. The van der Waals surface area contributed by atoms with E-state index in [4.69, 9.17) is 4.42 Å². The van der Waals surface area contributed by atoms with E-state index in [0.29, 0.717) is 16.8 Å². The van der Waals surface area contributed by atoms with Crippen molar-refractivity contribution in [2.45, 2.75) is 14.6 Å². The van der Waals surface area contributed by atoms with Crippen LogP contribution in [0.15, 0.2) is 55.7 Å². The van der Waals surface area contributed by atoms with Crippen molar-refractivity contribution in [1.29, 1.82) is 0 Å². The average molecular weight is 359 g/mol. The summed E-state index contributed by atoms with van der Waals surface area (Å²) in [4.78, 5) is 13.0. The van der Waals surface area contributed by atoms with Gasteiger partial charge in [-0.2, -0.15) is 0 Å². The van der Waals surface area contributed by atoms with Gasteiger partial charge in [0.15, 0.2) is 9.99 Å². The van der Waals surface area contributed by atoms with Crippen LogP contribution in [0, 0.1) is 0 Å². The number of thioether (sulfide) groups is 1. The third kappa shape index (κ3) is 2.94. The Hall–Kier alpha value is -1.97. The van der Waals surface area contributed by atoms with E-state index < -0.39 is 0 Å². The van der Waals surface area contributed by atoms with E-state index in [1.807, 2.05) is 36.6 Å². The molecule has 114 valence electrons. The second-order valence-corrected chi connectivity index (χ2v) is 7.35. The first-order valence-corrected chi connectivity index (χ1v) is 9.41. The van der Waals surface area contributed by atoms with E-state index in [9.17, 15) is 0 Å². The molecule has 3 heterocycles. The Morgan fingerprint density at radius 1 is 1.09 bits per heavy atom. The van der Waals surface area contributed by atoms with Crippen LogP contribution >= 0.6 is 34.9 Å². The van der Waals surface area contributed by atoms with Crippen LogP contribution in [0.3, 0.4) is 0 Å². The van der Waals surface area contributed by atoms with Gasteiger partial charge in [-0.1, -0.05) is 30.0 Å². The molecular formula is C14H9N5OS3. The van der Waals surface area contributed by atoms with E-state index in [1.54, 1.807) is 23.1 Å². The van der Waals surface area contributed by atoms with Gasteiger partial charge >= 0.3 is 0 Å². The lowest BCUT2D eigenvalue weighted by Gasteiger charge is -1.96. The normalized spacial score (nSPS) is 11.2. The van der Waals surface area contributed by atoms with E-state index in [-0.39, 0.29) is 0 Å². The topological polar surface area (TPSA) is 77.6 Å². The Morgan fingerprint density at radius 3 is 2.78 bits per heavy atom. The second-order valence-electron chi connectivity index (χ2n) is 4.36. The molecule has 0 aliphatic carbocycles. The van der Waals surface area contributed by atoms with Gasteiger partial charge in [0, 0.05) is 5.56 Å². The minimum absolute atomic E-state index is 0.447. The third-order valence-electron chi connectivity index (χ3n) is 2.92. The Bertz CT molecular complexity index is 953. The molecule has 0 N–H and O–H groups in total. The SMILES string of the molecule is CSc1nc2ncnc(Sc3nnc(-c4ccccc4)o3)c2s1. The van der Waals surface area contributed by atoms with Crippen LogP contribution in [-0.2, 0) is 0 Å². The highest BCUT2D eigenvalue weighted by atomic mass is 32.2. The quantitative estimate of drug-likeness (QED) is 0.399. The lowest BCUT2D eigenvalue weighted by atomic mass is 10.2. The zero-order chi connectivity index (χ0) is 15.6. The molecule has 0 saturated carbocycles. The number of fused-ring (bicyclic) bond motifs is 1. The van der Waals surface area contributed by atoms with Gasteiger partial charge in [0.1, 0.15) is 16.1 Å². The molecule has 0 bridgehead atoms. The molecule has 4 rings (SSSR count). The average Bonchev–Trinajstić information content (AvgIpc) is 3.22. The second kappa shape index (κ2) is 6.26. The van der Waals surface area contributed by atoms with Crippen LogP contribution in [0.2, 0.25) is 0 Å². The van der Waals surface area contributed by atoms with Crippen LogP contribution in [0.5, 0.6) is 0 Å². The van der Waals surface area contributed by atoms with Crippen LogP contribution in [-0.4, -0.2) is 31.4 Å². The highest BCUT2D eigenvalue weighted by molar-refractivity contribution is 8.00. The summed E-state index contributed by atoms with van der Waals surface area (Å²) < 4.78 is 7.60. The van der Waals surface area contributed by atoms with Crippen molar-refractivity contribution in [2.75, 3.05) is 6.26 Å². The summed E-state index contributed by atoms with van der Waals surface area (Å²) in [6.07, 6.45) is 3.49. The highest BCUT2D eigenvalue weighted by Crippen LogP contribution is 2.36. The van der Waals surface area contributed by atoms with Gasteiger partial charge in [0.05, 0.1) is 0 Å². The fraction of sp³-hybridized carbons (Fsp3) is 0.0714. The molecular weight excluding hydrogens is 350 g/mol. The molecule has 1 aromatic carbocycles. The lowest BCUT2D eigenvalue weighted by molar-refractivity contribution is 0.465. The number of nitrogens with zero attached hydrogens (tertiary/aromatic N) is 5. The van der Waals surface area contributed by atoms with Crippen LogP contribution in [0.4, 0.5) is 0 Å². The van der Waals surface area contributed by atoms with E-state index in [1.165, 1.54) is 18.1 Å². The lowest BCUT2D eigenvalue weighted by Crippen LogP contribution is -1.84. The van der Waals surface area contributed by atoms with Gasteiger partial charge < -0.3 is 4.42 Å². The molecule has 0 fully saturated rings. The van der Waals surface area contributed by atoms with Gasteiger partial charge in [0.25, 0.3) is 5.22 Å². The summed E-state index contributed by atoms with van der Waals surface area (Å²) in [6, 6.07) is 9.67. The number of hydrogen-bond acceptors (Lipinski definition) is 9. The van der Waals surface area contributed by atoms with Crippen LogP contribution in [0.1, 0.15) is 0 Å². The number of hydrogen-bond donors (Lipinski definition) is 0. The Kier molecular flexibility index (Phi) is 3.98. The van der Waals surface area contributed by atoms with Crippen molar-refractivity contribution >= 4 is 45.2 Å². The Morgan fingerprint density at radius 2 is 1.96 bits per heavy atom. The molecule has 0 amide bonds. The number of rotatable bonds is 4. The zero-order valence-corrected chi connectivity index (χ0v) is 14.3. The molecule has 0 spiro atoms. The fourth-order valence-corrected chi connectivity index (χ4v) is 4.20. The van der Waals surface area contributed by atoms with Gasteiger partial charge in [-0.05, 0) is 30.2 Å². The molecule has 3 aromatic heterocycles. The fourth-order valence-electron chi connectivity index (χ4n) is 1.91. The summed E-state index contributed by atoms with van der Waals surface area (Å²) in [5, 5.41) is 9.39. The first-order valence-electron chi connectivity index (χ1n) is 6.56. The maximum absolute atomic E-state index is 5.72. The predicted octanol–water partition coefficient (Wildman–Crippen LogP) is 4.01. The maximum atomic E-state index is 5.72. The third-order valence-corrected chi connectivity index (χ3v) is 5.93. The van der Waals surface area contributed by atoms with Gasteiger partial charge in [-0.15, -0.1) is 21.5 Å². The Balaban J connectivity index is 1.66. The highest BCUT2D eigenvalue weighted by Gasteiger charge is 2.15. The number of aromatic nitrogens is 5. The van der Waals surface area contributed by atoms with E-state index >= 15 is 0 Å². The number of benzene rings is 1. The number of thiazole rings is 1. The molecule has 6 nitrogen and oxygen atoms in total. The van der Waals surface area contributed by atoms with Crippen molar-refractivity contribution in [3.63, 3.8) is 0 Å². The predicted molar refractivity (Wildman–Crippen MR) is 90.8 cm³/mol. The van der Waals surface area contributed by atoms with Gasteiger partial charge in [-0.25, -0.2) is 15.0 Å². The van der Waals surface area contributed by atoms with E-state index in [2.05, 4.69) is 25.1 Å². The largest absolute Gasteiger partial charge is 0.411 e. The minimum Gasteiger partial charge on any atom is -0.411 e. The summed E-state index contributed by atoms with van der Waals surface area (Å²) >= 11 is 4.48. The van der Waals surface area contributed by atoms with Crippen LogP contribution < -0.4 is 0 Å². The maximum Gasteiger partial charge on any atom is 0.283 e. The van der Waals surface area contributed by atoms with Crippen molar-refractivity contribution in [2.24, 2.45) is 0 Å². The molecule has 0 atom stereocenters. The molecule has 0 radical (unpaired) electrons. The summed E-state index contributed by atoms with van der Waals surface area (Å²) in [7, 11) is 0. The summed E-state index contributed by atoms with van der Waals surface area (Å²) in [6.45, 7) is 0. The first kappa shape index (κ1) is 14.6. The molecule has 23 heavy (non-hydrogen) atoms. The van der Waals surface area contributed by atoms with E-state index in [0.717, 1.165) is 19.6 Å². The first-order chi connectivity index (χ1) is 11.3. The molecule has 0 aliphatic rings. The smallest absolute Gasteiger partial charge is 0.283 e. The van der Waals surface area contributed by atoms with Gasteiger partial charge in [-0.3, -0.25) is 0 Å². The van der Waals surface area contributed by atoms with Crippen LogP contribution in [0.25, 0.3) is 21.8 Å². The van der Waals surface area contributed by atoms with Crippen molar-refractivity contribution < 1.29 is 4.42 Å². The van der Waals surface area contributed by atoms with Crippen molar-refractivity contribution in [1.82, 2.24) is 25.1 Å². The standard InChI is InChI=1S/C14H9N5OS3/c1-21-14-17-10-9(22-14)12(16-7-15-10)23-13-19-18-11(20-13)8-5-3-2-4-6-8/h2-7H,1H3. The molecule has 0 saturated heterocycles. The molecule has 0 unspecified atom stereocenters. The monoisotopic (exact) mass is 359 g/mol. The molecule has 0 aliphatic heterocycles. The van der Waals surface area contributed by atoms with Crippen molar-refractivity contribution in [3.05, 3.63) is 36.7 Å². The Labute approximate surface area is 143 Å². The summed E-state index contributed by atoms with van der Waals surface area (Å²) in [5.74, 6) is 0.493. The zero-order valence-electron chi connectivity index (χ0n) is 11.8. The molecule has 9 heteroatoms. The summed E-state index contributed by atoms with van der Waals surface area (Å²) in [5.41, 5.74) is 1.58.